The Morgan fingerprint density at radius 1 is 1.42 bits per heavy atom. The number of hydrogen-bond acceptors (Lipinski definition) is 2. The van der Waals surface area contributed by atoms with Gasteiger partial charge in [0, 0.05) is 0 Å². The Morgan fingerprint density at radius 2 is 2.00 bits per heavy atom. The van der Waals surface area contributed by atoms with E-state index in [0.29, 0.717) is 6.42 Å². The normalized spacial score (nSPS) is 12.5. The quantitative estimate of drug-likeness (QED) is 0.719. The molecule has 2 nitrogen and oxygen atoms in total. The predicted molar refractivity (Wildman–Crippen MR) is 51.7 cm³/mol. The van der Waals surface area contributed by atoms with Crippen molar-refractivity contribution in [2.45, 2.75) is 12.5 Å². The number of hydrogen-bond donors (Lipinski definition) is 1. The summed E-state index contributed by atoms with van der Waals surface area (Å²) in [6.45, 7) is 0. The second-order valence-electron chi connectivity index (χ2n) is 2.70. The number of nitrogens with two attached hydrogens (primary N) is 1. The Hall–Kier alpha value is -0.592. The van der Waals surface area contributed by atoms with Gasteiger partial charge in [0.15, 0.2) is 0 Å². The Kier molecular flexibility index (Phi) is 3.51. The molecule has 2 atom stereocenters. The fourth-order valence-corrected chi connectivity index (χ4v) is 1.22. The van der Waals surface area contributed by atoms with Gasteiger partial charge in [-0.1, -0.05) is 0 Å². The molecule has 0 aliphatic heterocycles. The van der Waals surface area contributed by atoms with Crippen LogP contribution in [-0.2, 0) is 11.2 Å². The standard InChI is InChI=1S/C9H12AsNO/c10-9(12)8(11)6-7-4-2-1-3-5-7/h1-5,8H,6,10-11H2. The van der Waals surface area contributed by atoms with Gasteiger partial charge in [0.25, 0.3) is 0 Å². The summed E-state index contributed by atoms with van der Waals surface area (Å²) < 4.78 is 0.103. The second kappa shape index (κ2) is 4.44. The van der Waals surface area contributed by atoms with Crippen molar-refractivity contribution in [2.24, 2.45) is 5.73 Å². The van der Waals surface area contributed by atoms with Gasteiger partial charge in [-0.05, 0) is 0 Å². The minimum absolute atomic E-state index is 0.103. The average molecular weight is 225 g/mol. The summed E-state index contributed by atoms with van der Waals surface area (Å²) in [5.74, 6) is 0. The molecule has 0 aromatic heterocycles. The summed E-state index contributed by atoms with van der Waals surface area (Å²) in [6.07, 6.45) is 0.651. The fraction of sp³-hybridized carbons (Fsp3) is 0.222. The van der Waals surface area contributed by atoms with Crippen LogP contribution in [-0.4, -0.2) is 27.5 Å². The molecule has 64 valence electrons. The van der Waals surface area contributed by atoms with Crippen molar-refractivity contribution in [2.75, 3.05) is 0 Å². The van der Waals surface area contributed by atoms with E-state index in [-0.39, 0.29) is 10.6 Å². The second-order valence-corrected chi connectivity index (χ2v) is 3.89. The predicted octanol–water partition coefficient (Wildman–Crippen LogP) is -0.284. The van der Waals surface area contributed by atoms with Gasteiger partial charge in [0.05, 0.1) is 0 Å². The van der Waals surface area contributed by atoms with Gasteiger partial charge in [-0.2, -0.15) is 0 Å². The van der Waals surface area contributed by atoms with Crippen LogP contribution in [0.1, 0.15) is 5.56 Å². The molecule has 0 saturated heterocycles. The molecule has 12 heavy (non-hydrogen) atoms. The molecule has 3 heteroatoms. The summed E-state index contributed by atoms with van der Waals surface area (Å²) >= 11 is 1.08. The fourth-order valence-electron chi connectivity index (χ4n) is 0.969. The van der Waals surface area contributed by atoms with Crippen LogP contribution in [0.25, 0.3) is 0 Å². The molecule has 0 bridgehead atoms. The molecular weight excluding hydrogens is 213 g/mol. The van der Waals surface area contributed by atoms with Crippen LogP contribution in [0.3, 0.4) is 0 Å². The first-order valence-corrected chi connectivity index (χ1v) is 5.00. The Labute approximate surface area is 80.6 Å². The maximum absolute atomic E-state index is 10.9. The number of carbonyl (C=O) groups excluding carboxylic acids is 1. The van der Waals surface area contributed by atoms with Gasteiger partial charge in [-0.15, -0.1) is 0 Å². The zero-order chi connectivity index (χ0) is 8.97. The Bertz CT molecular complexity index is 260. The van der Waals surface area contributed by atoms with E-state index in [1.807, 2.05) is 30.3 Å². The van der Waals surface area contributed by atoms with Gasteiger partial charge in [-0.3, -0.25) is 0 Å². The molecule has 0 aliphatic carbocycles. The van der Waals surface area contributed by atoms with E-state index >= 15 is 0 Å². The number of carbonyl (C=O) groups is 1. The van der Waals surface area contributed by atoms with Crippen LogP contribution in [0.4, 0.5) is 0 Å². The van der Waals surface area contributed by atoms with E-state index in [0.717, 1.165) is 22.4 Å². The topological polar surface area (TPSA) is 43.1 Å². The summed E-state index contributed by atoms with van der Waals surface area (Å²) in [6, 6.07) is 9.49. The first-order chi connectivity index (χ1) is 5.70. The van der Waals surface area contributed by atoms with Crippen molar-refractivity contribution in [3.8, 4) is 0 Å². The van der Waals surface area contributed by atoms with E-state index in [1.54, 1.807) is 0 Å². The van der Waals surface area contributed by atoms with Crippen molar-refractivity contribution < 1.29 is 4.79 Å². The SMILES string of the molecule is NC(Cc1ccccc1)C(=O)[AsH2]. The molecule has 0 heterocycles. The van der Waals surface area contributed by atoms with Crippen LogP contribution in [0.5, 0.6) is 0 Å². The van der Waals surface area contributed by atoms with Gasteiger partial charge in [-0.25, -0.2) is 0 Å². The van der Waals surface area contributed by atoms with Crippen molar-refractivity contribution in [3.63, 3.8) is 0 Å². The first-order valence-electron chi connectivity index (χ1n) is 3.79. The third-order valence-corrected chi connectivity index (χ3v) is 2.56. The molecule has 2 N–H and O–H groups in total. The van der Waals surface area contributed by atoms with E-state index < -0.39 is 0 Å². The van der Waals surface area contributed by atoms with Gasteiger partial charge in [0.1, 0.15) is 0 Å². The van der Waals surface area contributed by atoms with E-state index in [4.69, 9.17) is 5.73 Å². The Morgan fingerprint density at radius 3 is 2.50 bits per heavy atom. The van der Waals surface area contributed by atoms with E-state index in [9.17, 15) is 4.79 Å². The van der Waals surface area contributed by atoms with Crippen molar-refractivity contribution in [1.29, 1.82) is 0 Å². The van der Waals surface area contributed by atoms with Crippen LogP contribution in [0, 0.1) is 0 Å². The number of benzene rings is 1. The average Bonchev–Trinajstić information content (AvgIpc) is 2.06. The van der Waals surface area contributed by atoms with Crippen LogP contribution in [0.2, 0.25) is 0 Å². The van der Waals surface area contributed by atoms with Gasteiger partial charge in [0.2, 0.25) is 0 Å². The van der Waals surface area contributed by atoms with Crippen molar-refractivity contribution in [3.05, 3.63) is 35.9 Å². The molecule has 1 aromatic rings. The molecule has 2 unspecified atom stereocenters. The van der Waals surface area contributed by atoms with Gasteiger partial charge >= 0.3 is 80.3 Å². The molecule has 0 fully saturated rings. The molecule has 0 aliphatic rings. The van der Waals surface area contributed by atoms with E-state index in [2.05, 4.69) is 0 Å². The number of rotatable bonds is 3. The summed E-state index contributed by atoms with van der Waals surface area (Å²) in [4.78, 5) is 10.9. The zero-order valence-electron chi connectivity index (χ0n) is 6.73. The molecule has 0 radical (unpaired) electrons. The molecular formula is C9H12AsNO. The molecule has 0 amide bonds. The van der Waals surface area contributed by atoms with Gasteiger partial charge < -0.3 is 0 Å². The van der Waals surface area contributed by atoms with Crippen LogP contribution < -0.4 is 5.73 Å². The first kappa shape index (κ1) is 9.50. The summed E-state index contributed by atoms with van der Waals surface area (Å²) in [5, 5.41) is 0. The molecule has 1 rings (SSSR count). The molecule has 1 aromatic carbocycles. The Balaban J connectivity index is 2.58. The van der Waals surface area contributed by atoms with Crippen molar-refractivity contribution in [1.82, 2.24) is 0 Å². The van der Waals surface area contributed by atoms with Crippen molar-refractivity contribution >= 4 is 21.4 Å². The van der Waals surface area contributed by atoms with Crippen LogP contribution in [0.15, 0.2) is 30.3 Å². The van der Waals surface area contributed by atoms with E-state index in [1.165, 1.54) is 0 Å². The summed E-state index contributed by atoms with van der Waals surface area (Å²) in [7, 11) is 0. The maximum atomic E-state index is 10.9. The minimum atomic E-state index is -0.326. The zero-order valence-corrected chi connectivity index (χ0v) is 9.16. The monoisotopic (exact) mass is 225 g/mol. The third kappa shape index (κ3) is 2.80. The summed E-state index contributed by atoms with van der Waals surface area (Å²) in [5.41, 5.74) is 6.74. The molecule has 0 spiro atoms. The van der Waals surface area contributed by atoms with Crippen LogP contribution >= 0.6 is 0 Å². The third-order valence-electron chi connectivity index (χ3n) is 1.66. The molecule has 0 saturated carbocycles.